The predicted molar refractivity (Wildman–Crippen MR) is 87.1 cm³/mol. The number of piperidine rings is 1. The largest absolute Gasteiger partial charge is 0.343 e. The molecule has 0 aromatic carbocycles. The molecule has 5 heteroatoms. The van der Waals surface area contributed by atoms with Crippen LogP contribution in [0.2, 0.25) is 0 Å². The second-order valence-corrected chi connectivity index (χ2v) is 7.98. The Bertz CT molecular complexity index is 445. The van der Waals surface area contributed by atoms with E-state index in [0.717, 1.165) is 32.6 Å². The minimum absolute atomic E-state index is 0.224. The van der Waals surface area contributed by atoms with Gasteiger partial charge in [0.2, 0.25) is 5.91 Å². The zero-order valence-corrected chi connectivity index (χ0v) is 14.7. The van der Waals surface area contributed by atoms with E-state index in [2.05, 4.69) is 41.9 Å². The molecular formula is C15H24BrN2OS+. The van der Waals surface area contributed by atoms with E-state index in [0.29, 0.717) is 5.91 Å². The molecule has 1 saturated heterocycles. The first-order valence-corrected chi connectivity index (χ1v) is 9.11. The maximum absolute atomic E-state index is 12.5. The van der Waals surface area contributed by atoms with Crippen molar-refractivity contribution in [2.24, 2.45) is 5.92 Å². The molecule has 1 aromatic heterocycles. The van der Waals surface area contributed by atoms with Gasteiger partial charge in [0.1, 0.15) is 6.54 Å². The third kappa shape index (κ3) is 4.06. The molecule has 1 amide bonds. The van der Waals surface area contributed by atoms with Gasteiger partial charge in [-0.3, -0.25) is 4.79 Å². The number of thiophene rings is 1. The number of quaternary nitrogens is 1. The molecule has 0 spiro atoms. The number of likely N-dealkylation sites (tertiary alicyclic amines) is 1. The number of carbonyl (C=O) groups excluding carboxylic acids is 1. The lowest BCUT2D eigenvalue weighted by atomic mass is 9.96. The summed E-state index contributed by atoms with van der Waals surface area (Å²) < 4.78 is 1.19. The quantitative estimate of drug-likeness (QED) is 0.855. The molecular weight excluding hydrogens is 336 g/mol. The van der Waals surface area contributed by atoms with Crippen molar-refractivity contribution in [3.05, 3.63) is 20.8 Å². The van der Waals surface area contributed by atoms with Gasteiger partial charge in [-0.15, -0.1) is 11.3 Å². The van der Waals surface area contributed by atoms with E-state index in [4.69, 9.17) is 0 Å². The summed E-state index contributed by atoms with van der Waals surface area (Å²) in [5.74, 6) is 0.585. The van der Waals surface area contributed by atoms with Gasteiger partial charge in [-0.05, 0) is 54.8 Å². The van der Waals surface area contributed by atoms with Crippen molar-refractivity contribution in [2.75, 3.05) is 26.2 Å². The highest BCUT2D eigenvalue weighted by Gasteiger charge is 2.30. The molecule has 1 aromatic rings. The summed E-state index contributed by atoms with van der Waals surface area (Å²) >= 11 is 5.33. The average Bonchev–Trinajstić information content (AvgIpc) is 2.85. The fraction of sp³-hybridized carbons (Fsp3) is 0.667. The average molecular weight is 360 g/mol. The van der Waals surface area contributed by atoms with Crippen molar-refractivity contribution in [1.29, 1.82) is 0 Å². The molecule has 2 rings (SSSR count). The van der Waals surface area contributed by atoms with E-state index in [9.17, 15) is 4.79 Å². The fourth-order valence-corrected chi connectivity index (χ4v) is 4.56. The molecule has 2 heterocycles. The maximum atomic E-state index is 12.5. The minimum Gasteiger partial charge on any atom is -0.343 e. The monoisotopic (exact) mass is 359 g/mol. The van der Waals surface area contributed by atoms with Crippen LogP contribution in [0.5, 0.6) is 0 Å². The zero-order chi connectivity index (χ0) is 14.5. The highest BCUT2D eigenvalue weighted by atomic mass is 79.9. The van der Waals surface area contributed by atoms with Crippen molar-refractivity contribution < 1.29 is 9.69 Å². The second-order valence-electron chi connectivity index (χ2n) is 5.44. The van der Waals surface area contributed by atoms with Gasteiger partial charge in [0, 0.05) is 13.1 Å². The van der Waals surface area contributed by atoms with Crippen molar-refractivity contribution in [2.45, 2.75) is 33.2 Å². The Morgan fingerprint density at radius 2 is 2.20 bits per heavy atom. The fourth-order valence-electron chi connectivity index (χ4n) is 3.01. The van der Waals surface area contributed by atoms with Gasteiger partial charge >= 0.3 is 0 Å². The molecule has 1 aliphatic rings. The third-order valence-corrected chi connectivity index (χ3v) is 5.72. The summed E-state index contributed by atoms with van der Waals surface area (Å²) in [7, 11) is 0. The zero-order valence-electron chi connectivity index (χ0n) is 12.3. The van der Waals surface area contributed by atoms with E-state index < -0.39 is 0 Å². The lowest BCUT2D eigenvalue weighted by molar-refractivity contribution is -0.920. The standard InChI is InChI=1S/C15H23BrN2OS/c1-3-18(4-2)15(19)12-6-5-9-17(10-12)11-13-7-8-14(16)20-13/h7-8,12H,3-6,9-11H2,1-2H3/p+1/t12-/m0/s1. The molecule has 0 bridgehead atoms. The van der Waals surface area contributed by atoms with Crippen LogP contribution < -0.4 is 4.90 Å². The number of hydrogen-bond donors (Lipinski definition) is 1. The van der Waals surface area contributed by atoms with Crippen LogP contribution in [0.4, 0.5) is 0 Å². The predicted octanol–water partition coefficient (Wildman–Crippen LogP) is 2.17. The van der Waals surface area contributed by atoms with Gasteiger partial charge in [-0.25, -0.2) is 0 Å². The van der Waals surface area contributed by atoms with Crippen molar-refractivity contribution in [3.8, 4) is 0 Å². The van der Waals surface area contributed by atoms with Crippen LogP contribution >= 0.6 is 27.3 Å². The van der Waals surface area contributed by atoms with Gasteiger partial charge in [0.15, 0.2) is 0 Å². The summed E-state index contributed by atoms with van der Waals surface area (Å²) in [6.07, 6.45) is 2.23. The van der Waals surface area contributed by atoms with Crippen LogP contribution in [0.1, 0.15) is 31.6 Å². The Morgan fingerprint density at radius 1 is 1.45 bits per heavy atom. The van der Waals surface area contributed by atoms with Gasteiger partial charge in [-0.2, -0.15) is 0 Å². The highest BCUT2D eigenvalue weighted by Crippen LogP contribution is 2.21. The van der Waals surface area contributed by atoms with Gasteiger partial charge < -0.3 is 9.80 Å². The Labute approximate surface area is 134 Å². The number of rotatable bonds is 5. The molecule has 2 atom stereocenters. The van der Waals surface area contributed by atoms with Crippen LogP contribution in [0, 0.1) is 5.92 Å². The summed E-state index contributed by atoms with van der Waals surface area (Å²) in [6.45, 7) is 9.04. The Hall–Kier alpha value is -0.390. The van der Waals surface area contributed by atoms with Crippen LogP contribution in [-0.4, -0.2) is 37.0 Å². The van der Waals surface area contributed by atoms with E-state index in [-0.39, 0.29) is 5.92 Å². The molecule has 1 unspecified atom stereocenters. The first-order valence-electron chi connectivity index (χ1n) is 7.50. The normalized spacial score (nSPS) is 22.8. The molecule has 1 N–H and O–H groups in total. The third-order valence-electron chi connectivity index (χ3n) is 4.10. The van der Waals surface area contributed by atoms with Gasteiger partial charge in [-0.1, -0.05) is 0 Å². The number of nitrogens with zero attached hydrogens (tertiary/aromatic N) is 1. The maximum Gasteiger partial charge on any atom is 0.231 e. The van der Waals surface area contributed by atoms with Crippen molar-refractivity contribution >= 4 is 33.2 Å². The highest BCUT2D eigenvalue weighted by molar-refractivity contribution is 9.11. The minimum atomic E-state index is 0.224. The molecule has 1 aliphatic heterocycles. The van der Waals surface area contributed by atoms with Crippen LogP contribution in [0.3, 0.4) is 0 Å². The summed E-state index contributed by atoms with van der Waals surface area (Å²) in [5.41, 5.74) is 0. The lowest BCUT2D eigenvalue weighted by Gasteiger charge is -2.32. The number of hydrogen-bond acceptors (Lipinski definition) is 2. The molecule has 3 nitrogen and oxygen atoms in total. The van der Waals surface area contributed by atoms with E-state index in [1.165, 1.54) is 21.6 Å². The molecule has 112 valence electrons. The molecule has 0 aliphatic carbocycles. The molecule has 0 radical (unpaired) electrons. The second kappa shape index (κ2) is 7.57. The van der Waals surface area contributed by atoms with E-state index >= 15 is 0 Å². The Balaban J connectivity index is 1.92. The summed E-state index contributed by atoms with van der Waals surface area (Å²) in [5, 5.41) is 0. The smallest absolute Gasteiger partial charge is 0.231 e. The first-order chi connectivity index (χ1) is 9.63. The van der Waals surface area contributed by atoms with E-state index in [1.807, 2.05) is 4.90 Å². The van der Waals surface area contributed by atoms with E-state index in [1.54, 1.807) is 16.2 Å². The Morgan fingerprint density at radius 3 is 2.80 bits per heavy atom. The van der Waals surface area contributed by atoms with Gasteiger partial charge in [0.25, 0.3) is 0 Å². The molecule has 1 fully saturated rings. The topological polar surface area (TPSA) is 24.8 Å². The van der Waals surface area contributed by atoms with Crippen molar-refractivity contribution in [3.63, 3.8) is 0 Å². The number of carbonyl (C=O) groups is 1. The Kier molecular flexibility index (Phi) is 6.05. The van der Waals surface area contributed by atoms with Crippen LogP contribution in [0.15, 0.2) is 15.9 Å². The van der Waals surface area contributed by atoms with Gasteiger partial charge in [0.05, 0.1) is 27.7 Å². The number of amides is 1. The SMILES string of the molecule is CCN(CC)C(=O)[C@H]1CCC[NH+](Cc2ccc(Br)s2)C1. The summed E-state index contributed by atoms with van der Waals surface area (Å²) in [6, 6.07) is 4.31. The van der Waals surface area contributed by atoms with Crippen LogP contribution in [0.25, 0.3) is 0 Å². The number of nitrogens with one attached hydrogen (secondary N) is 1. The lowest BCUT2D eigenvalue weighted by Crippen LogP contribution is -3.12. The summed E-state index contributed by atoms with van der Waals surface area (Å²) in [4.78, 5) is 17.4. The van der Waals surface area contributed by atoms with Crippen molar-refractivity contribution in [1.82, 2.24) is 4.90 Å². The molecule has 20 heavy (non-hydrogen) atoms. The first kappa shape index (κ1) is 16.0. The van der Waals surface area contributed by atoms with Crippen LogP contribution in [-0.2, 0) is 11.3 Å². The molecule has 0 saturated carbocycles. The number of halogens is 1.